The molecule has 1 aliphatic carbocycles. The van der Waals surface area contributed by atoms with Gasteiger partial charge in [0, 0.05) is 17.7 Å². The summed E-state index contributed by atoms with van der Waals surface area (Å²) in [7, 11) is 0. The summed E-state index contributed by atoms with van der Waals surface area (Å²) in [6.45, 7) is 2.08. The van der Waals surface area contributed by atoms with E-state index < -0.39 is 5.82 Å². The first-order valence-corrected chi connectivity index (χ1v) is 8.19. The smallest absolute Gasteiger partial charge is 0.267 e. The van der Waals surface area contributed by atoms with Crippen LogP contribution in [0.15, 0.2) is 35.1 Å². The Bertz CT molecular complexity index is 816. The number of nitrogens with zero attached hydrogens (tertiary/aromatic N) is 2. The number of aromatic nitrogens is 2. The number of aryl methyl sites for hydroxylation is 2. The van der Waals surface area contributed by atoms with E-state index >= 15 is 0 Å². The average molecular weight is 329 g/mol. The maximum absolute atomic E-state index is 13.2. The van der Waals surface area contributed by atoms with Gasteiger partial charge in [0.1, 0.15) is 5.82 Å². The summed E-state index contributed by atoms with van der Waals surface area (Å²) in [6.07, 6.45) is 3.98. The van der Waals surface area contributed by atoms with Gasteiger partial charge in [-0.15, -0.1) is 0 Å². The van der Waals surface area contributed by atoms with Crippen LogP contribution in [0.1, 0.15) is 41.4 Å². The third kappa shape index (κ3) is 3.69. The molecular formula is C18H20FN3O2. The lowest BCUT2D eigenvalue weighted by Crippen LogP contribution is -2.39. The maximum atomic E-state index is 13.2. The van der Waals surface area contributed by atoms with Crippen molar-refractivity contribution >= 4 is 5.91 Å². The number of carbonyl (C=O) groups is 1. The fraction of sp³-hybridized carbons (Fsp3) is 0.389. The van der Waals surface area contributed by atoms with E-state index in [9.17, 15) is 14.0 Å². The normalized spacial score (nSPS) is 14.8. The predicted molar refractivity (Wildman–Crippen MR) is 88.5 cm³/mol. The molecule has 0 spiro atoms. The van der Waals surface area contributed by atoms with Crippen molar-refractivity contribution in [3.05, 3.63) is 63.3 Å². The third-order valence-electron chi connectivity index (χ3n) is 4.18. The van der Waals surface area contributed by atoms with Crippen molar-refractivity contribution in [1.29, 1.82) is 0 Å². The quantitative estimate of drug-likeness (QED) is 0.934. The summed E-state index contributed by atoms with van der Waals surface area (Å²) in [5.74, 6) is -0.823. The van der Waals surface area contributed by atoms with Crippen molar-refractivity contribution in [2.75, 3.05) is 0 Å². The highest BCUT2D eigenvalue weighted by molar-refractivity contribution is 5.94. The molecule has 0 unspecified atom stereocenters. The van der Waals surface area contributed by atoms with E-state index in [1.54, 1.807) is 19.1 Å². The van der Waals surface area contributed by atoms with Gasteiger partial charge in [-0.25, -0.2) is 9.07 Å². The average Bonchev–Trinajstić information content (AvgIpc) is 2.55. The Morgan fingerprint density at radius 2 is 2.12 bits per heavy atom. The number of halogens is 1. The number of benzene rings is 1. The number of amides is 1. The molecule has 24 heavy (non-hydrogen) atoms. The molecule has 0 fully saturated rings. The van der Waals surface area contributed by atoms with Crippen LogP contribution in [0.25, 0.3) is 0 Å². The number of hydrogen-bond acceptors (Lipinski definition) is 3. The lowest BCUT2D eigenvalue weighted by molar-refractivity contribution is 0.0935. The third-order valence-corrected chi connectivity index (χ3v) is 4.18. The van der Waals surface area contributed by atoms with Crippen LogP contribution in [0.2, 0.25) is 0 Å². The number of rotatable bonds is 4. The summed E-state index contributed by atoms with van der Waals surface area (Å²) in [5.41, 5.74) is 2.12. The fourth-order valence-electron chi connectivity index (χ4n) is 2.97. The van der Waals surface area contributed by atoms with Crippen LogP contribution in [0.4, 0.5) is 4.39 Å². The minimum Gasteiger partial charge on any atom is -0.348 e. The van der Waals surface area contributed by atoms with Crippen LogP contribution >= 0.6 is 0 Å². The molecule has 1 aliphatic rings. The molecule has 0 aliphatic heterocycles. The van der Waals surface area contributed by atoms with E-state index in [2.05, 4.69) is 10.4 Å². The van der Waals surface area contributed by atoms with Gasteiger partial charge in [-0.1, -0.05) is 6.07 Å². The molecular weight excluding hydrogens is 309 g/mol. The Labute approximate surface area is 139 Å². The van der Waals surface area contributed by atoms with Gasteiger partial charge >= 0.3 is 0 Å². The van der Waals surface area contributed by atoms with Gasteiger partial charge in [0.15, 0.2) is 0 Å². The van der Waals surface area contributed by atoms with Gasteiger partial charge in [-0.3, -0.25) is 9.59 Å². The van der Waals surface area contributed by atoms with E-state index in [0.29, 0.717) is 0 Å². The Morgan fingerprint density at radius 1 is 1.33 bits per heavy atom. The van der Waals surface area contributed by atoms with Gasteiger partial charge in [0.05, 0.1) is 12.2 Å². The lowest BCUT2D eigenvalue weighted by Gasteiger charge is -2.18. The molecule has 6 heteroatoms. The van der Waals surface area contributed by atoms with Crippen molar-refractivity contribution in [2.24, 2.45) is 0 Å². The summed E-state index contributed by atoms with van der Waals surface area (Å²) in [4.78, 5) is 24.3. The molecule has 5 nitrogen and oxygen atoms in total. The van der Waals surface area contributed by atoms with Crippen LogP contribution in [-0.2, 0) is 19.4 Å². The van der Waals surface area contributed by atoms with Crippen LogP contribution in [-0.4, -0.2) is 21.7 Å². The first-order chi connectivity index (χ1) is 11.5. The van der Waals surface area contributed by atoms with Crippen molar-refractivity contribution in [2.45, 2.75) is 45.2 Å². The molecule has 3 rings (SSSR count). The minimum atomic E-state index is -0.456. The van der Waals surface area contributed by atoms with Crippen molar-refractivity contribution in [1.82, 2.24) is 15.1 Å². The molecule has 0 saturated heterocycles. The molecule has 126 valence electrons. The largest absolute Gasteiger partial charge is 0.348 e. The molecule has 1 aromatic heterocycles. The van der Waals surface area contributed by atoms with Gasteiger partial charge < -0.3 is 5.32 Å². The molecule has 1 atom stereocenters. The van der Waals surface area contributed by atoms with E-state index in [4.69, 9.17) is 0 Å². The van der Waals surface area contributed by atoms with E-state index in [1.165, 1.54) is 22.9 Å². The van der Waals surface area contributed by atoms with Crippen LogP contribution in [0.5, 0.6) is 0 Å². The van der Waals surface area contributed by atoms with E-state index in [0.717, 1.165) is 36.9 Å². The second kappa shape index (κ2) is 6.95. The SMILES string of the molecule is C[C@@H](Cn1nc2c(cc1=O)CCCC2)NC(=O)c1cccc(F)c1. The zero-order chi connectivity index (χ0) is 17.1. The van der Waals surface area contributed by atoms with Crippen LogP contribution in [0.3, 0.4) is 0 Å². The van der Waals surface area contributed by atoms with Crippen LogP contribution < -0.4 is 10.9 Å². The van der Waals surface area contributed by atoms with Crippen molar-refractivity contribution < 1.29 is 9.18 Å². The Kier molecular flexibility index (Phi) is 4.74. The molecule has 0 saturated carbocycles. The second-order valence-electron chi connectivity index (χ2n) is 6.23. The second-order valence-corrected chi connectivity index (χ2v) is 6.23. The Hall–Kier alpha value is -2.50. The summed E-state index contributed by atoms with van der Waals surface area (Å²) in [5, 5.41) is 7.21. The molecule has 0 radical (unpaired) electrons. The molecule has 1 N–H and O–H groups in total. The standard InChI is InChI=1S/C18H20FN3O2/c1-12(20-18(24)14-6-4-7-15(19)9-14)11-22-17(23)10-13-5-2-3-8-16(13)21-22/h4,6-7,9-10,12H,2-3,5,8,11H2,1H3,(H,20,24)/t12-/m0/s1. The van der Waals surface area contributed by atoms with E-state index in [-0.39, 0.29) is 29.6 Å². The van der Waals surface area contributed by atoms with Gasteiger partial charge in [-0.2, -0.15) is 5.10 Å². The zero-order valence-corrected chi connectivity index (χ0v) is 13.6. The first-order valence-electron chi connectivity index (χ1n) is 8.19. The number of fused-ring (bicyclic) bond motifs is 1. The molecule has 1 heterocycles. The Morgan fingerprint density at radius 3 is 2.92 bits per heavy atom. The van der Waals surface area contributed by atoms with Gasteiger partial charge in [-0.05, 0) is 56.4 Å². The highest BCUT2D eigenvalue weighted by Crippen LogP contribution is 2.16. The zero-order valence-electron chi connectivity index (χ0n) is 13.6. The maximum Gasteiger partial charge on any atom is 0.267 e. The molecule has 1 aromatic carbocycles. The topological polar surface area (TPSA) is 64.0 Å². The Balaban J connectivity index is 1.70. The lowest BCUT2D eigenvalue weighted by atomic mass is 9.97. The summed E-state index contributed by atoms with van der Waals surface area (Å²) < 4.78 is 14.6. The van der Waals surface area contributed by atoms with E-state index in [1.807, 2.05) is 0 Å². The summed E-state index contributed by atoms with van der Waals surface area (Å²) in [6, 6.07) is 6.87. The summed E-state index contributed by atoms with van der Waals surface area (Å²) >= 11 is 0. The predicted octanol–water partition coefficient (Wildman–Crippen LogP) is 2.08. The van der Waals surface area contributed by atoms with Crippen molar-refractivity contribution in [3.8, 4) is 0 Å². The van der Waals surface area contributed by atoms with Crippen molar-refractivity contribution in [3.63, 3.8) is 0 Å². The highest BCUT2D eigenvalue weighted by Gasteiger charge is 2.16. The van der Waals surface area contributed by atoms with Gasteiger partial charge in [0.25, 0.3) is 11.5 Å². The monoisotopic (exact) mass is 329 g/mol. The minimum absolute atomic E-state index is 0.150. The first kappa shape index (κ1) is 16.4. The number of nitrogens with one attached hydrogen (secondary N) is 1. The van der Waals surface area contributed by atoms with Crippen LogP contribution in [0, 0.1) is 5.82 Å². The number of hydrogen-bond donors (Lipinski definition) is 1. The van der Waals surface area contributed by atoms with Gasteiger partial charge in [0.2, 0.25) is 0 Å². The molecule has 0 bridgehead atoms. The highest BCUT2D eigenvalue weighted by atomic mass is 19.1. The fourth-order valence-corrected chi connectivity index (χ4v) is 2.97. The molecule has 2 aromatic rings. The number of carbonyl (C=O) groups excluding carboxylic acids is 1. The molecule has 1 amide bonds.